The molecule has 3 heteroatoms. The molecule has 68 valence electrons. The Balaban J connectivity index is 2.37. The Kier molecular flexibility index (Phi) is 3.57. The van der Waals surface area contributed by atoms with Gasteiger partial charge in [0.05, 0.1) is 6.54 Å². The van der Waals surface area contributed by atoms with Crippen LogP contribution in [0.3, 0.4) is 0 Å². The van der Waals surface area contributed by atoms with Crippen LogP contribution in [0.4, 0.5) is 0 Å². The molecule has 0 unspecified atom stereocenters. The summed E-state index contributed by atoms with van der Waals surface area (Å²) in [5.41, 5.74) is 6.02. The van der Waals surface area contributed by atoms with Crippen LogP contribution in [-0.4, -0.2) is 12.5 Å². The molecule has 1 aromatic carbocycles. The van der Waals surface area contributed by atoms with Gasteiger partial charge < -0.3 is 11.1 Å². The summed E-state index contributed by atoms with van der Waals surface area (Å²) in [6.45, 7) is 0.170. The normalized spacial score (nSPS) is 10.2. The summed E-state index contributed by atoms with van der Waals surface area (Å²) >= 11 is 0. The fourth-order valence-electron chi connectivity index (χ4n) is 0.879. The third-order valence-electron chi connectivity index (χ3n) is 1.47. The van der Waals surface area contributed by atoms with Gasteiger partial charge in [-0.25, -0.2) is 0 Å². The summed E-state index contributed by atoms with van der Waals surface area (Å²) < 4.78 is 0. The van der Waals surface area contributed by atoms with Gasteiger partial charge in [0.2, 0.25) is 5.91 Å². The first-order valence-electron chi connectivity index (χ1n) is 4.02. The number of rotatable bonds is 4. The van der Waals surface area contributed by atoms with Crippen LogP contribution in [0, 0.1) is 0 Å². The number of carbonyl (C=O) groups is 1. The molecule has 0 aliphatic carbocycles. The Morgan fingerprint density at radius 2 is 2.08 bits per heavy atom. The first-order chi connectivity index (χ1) is 6.29. The third-order valence-corrected chi connectivity index (χ3v) is 1.47. The van der Waals surface area contributed by atoms with Crippen molar-refractivity contribution in [3.8, 4) is 0 Å². The number of benzene rings is 1. The largest absolute Gasteiger partial charge is 0.382 e. The van der Waals surface area contributed by atoms with Crippen LogP contribution >= 0.6 is 0 Å². The minimum atomic E-state index is -0.363. The van der Waals surface area contributed by atoms with Gasteiger partial charge in [-0.15, -0.1) is 0 Å². The van der Waals surface area contributed by atoms with Crippen LogP contribution in [0.5, 0.6) is 0 Å². The number of nitrogens with one attached hydrogen (secondary N) is 1. The molecule has 0 aliphatic heterocycles. The van der Waals surface area contributed by atoms with Crippen molar-refractivity contribution in [2.45, 2.75) is 0 Å². The minimum Gasteiger partial charge on any atom is -0.382 e. The van der Waals surface area contributed by atoms with Crippen molar-refractivity contribution < 1.29 is 4.79 Å². The van der Waals surface area contributed by atoms with E-state index in [9.17, 15) is 4.79 Å². The van der Waals surface area contributed by atoms with E-state index < -0.39 is 0 Å². The molecule has 0 fully saturated rings. The van der Waals surface area contributed by atoms with E-state index in [2.05, 4.69) is 5.32 Å². The molecular weight excluding hydrogens is 164 g/mol. The van der Waals surface area contributed by atoms with Gasteiger partial charge in [-0.1, -0.05) is 30.3 Å². The summed E-state index contributed by atoms with van der Waals surface area (Å²) in [6, 6.07) is 9.81. The zero-order valence-electron chi connectivity index (χ0n) is 7.23. The lowest BCUT2D eigenvalue weighted by atomic mass is 10.2. The molecule has 3 N–H and O–H groups in total. The van der Waals surface area contributed by atoms with Crippen LogP contribution in [0.25, 0.3) is 6.08 Å². The summed E-state index contributed by atoms with van der Waals surface area (Å²) in [5.74, 6) is -0.363. The lowest BCUT2D eigenvalue weighted by Gasteiger charge is -1.94. The predicted molar refractivity (Wildman–Crippen MR) is 52.7 cm³/mol. The fourth-order valence-corrected chi connectivity index (χ4v) is 0.879. The van der Waals surface area contributed by atoms with Crippen LogP contribution in [0.2, 0.25) is 0 Å². The molecule has 0 saturated carbocycles. The molecule has 3 nitrogen and oxygen atoms in total. The Morgan fingerprint density at radius 3 is 2.69 bits per heavy atom. The zero-order valence-corrected chi connectivity index (χ0v) is 7.23. The van der Waals surface area contributed by atoms with Crippen LogP contribution < -0.4 is 11.1 Å². The number of nitrogens with two attached hydrogens (primary N) is 1. The molecule has 0 heterocycles. The van der Waals surface area contributed by atoms with Crippen LogP contribution in [0.15, 0.2) is 36.5 Å². The second-order valence-corrected chi connectivity index (χ2v) is 2.59. The number of carbonyl (C=O) groups excluding carboxylic acids is 1. The third kappa shape index (κ3) is 3.96. The monoisotopic (exact) mass is 176 g/mol. The highest BCUT2D eigenvalue weighted by atomic mass is 16.1. The van der Waals surface area contributed by atoms with Gasteiger partial charge in [0.25, 0.3) is 0 Å². The molecule has 1 aromatic rings. The van der Waals surface area contributed by atoms with E-state index in [1.165, 1.54) is 0 Å². The second-order valence-electron chi connectivity index (χ2n) is 2.59. The Bertz CT molecular complexity index is 293. The number of primary amides is 1. The lowest BCUT2D eigenvalue weighted by molar-refractivity contribution is -0.117. The molecule has 1 rings (SSSR count). The van der Waals surface area contributed by atoms with Crippen molar-refractivity contribution in [3.63, 3.8) is 0 Å². The molecule has 0 aromatic heterocycles. The molecule has 0 radical (unpaired) electrons. The average Bonchev–Trinajstić information content (AvgIpc) is 2.14. The van der Waals surface area contributed by atoms with Gasteiger partial charge in [0.1, 0.15) is 0 Å². The van der Waals surface area contributed by atoms with Crippen LogP contribution in [-0.2, 0) is 4.79 Å². The van der Waals surface area contributed by atoms with Crippen molar-refractivity contribution in [2.24, 2.45) is 5.73 Å². The van der Waals surface area contributed by atoms with Crippen molar-refractivity contribution in [1.29, 1.82) is 0 Å². The van der Waals surface area contributed by atoms with Gasteiger partial charge in [-0.2, -0.15) is 0 Å². The van der Waals surface area contributed by atoms with E-state index in [1.54, 1.807) is 6.20 Å². The molecule has 0 aliphatic rings. The maximum atomic E-state index is 10.3. The van der Waals surface area contributed by atoms with Gasteiger partial charge in [0.15, 0.2) is 0 Å². The first kappa shape index (κ1) is 9.32. The van der Waals surface area contributed by atoms with Gasteiger partial charge >= 0.3 is 0 Å². The van der Waals surface area contributed by atoms with E-state index >= 15 is 0 Å². The highest BCUT2D eigenvalue weighted by molar-refractivity contribution is 5.76. The highest BCUT2D eigenvalue weighted by Crippen LogP contribution is 1.99. The SMILES string of the molecule is NC(=O)CNC=Cc1ccccc1. The van der Waals surface area contributed by atoms with Crippen molar-refractivity contribution in [1.82, 2.24) is 5.32 Å². The molecule has 0 atom stereocenters. The molecule has 0 spiro atoms. The summed E-state index contributed by atoms with van der Waals surface area (Å²) in [4.78, 5) is 10.3. The van der Waals surface area contributed by atoms with Crippen LogP contribution in [0.1, 0.15) is 5.56 Å². The topological polar surface area (TPSA) is 55.1 Å². The Hall–Kier alpha value is -1.77. The summed E-state index contributed by atoms with van der Waals surface area (Å²) in [7, 11) is 0. The van der Waals surface area contributed by atoms with Crippen molar-refractivity contribution in [2.75, 3.05) is 6.54 Å². The van der Waals surface area contributed by atoms with E-state index in [4.69, 9.17) is 5.73 Å². The highest BCUT2D eigenvalue weighted by Gasteiger charge is 1.87. The van der Waals surface area contributed by atoms with Crippen molar-refractivity contribution in [3.05, 3.63) is 42.1 Å². The van der Waals surface area contributed by atoms with E-state index in [0.29, 0.717) is 0 Å². The maximum Gasteiger partial charge on any atom is 0.236 e. The quantitative estimate of drug-likeness (QED) is 0.710. The Morgan fingerprint density at radius 1 is 1.38 bits per heavy atom. The van der Waals surface area contributed by atoms with Gasteiger partial charge in [-0.3, -0.25) is 4.79 Å². The molecular formula is C10H12N2O. The van der Waals surface area contributed by atoms with Gasteiger partial charge in [-0.05, 0) is 17.8 Å². The fraction of sp³-hybridized carbons (Fsp3) is 0.100. The molecule has 0 saturated heterocycles. The second kappa shape index (κ2) is 4.98. The molecule has 1 amide bonds. The summed E-state index contributed by atoms with van der Waals surface area (Å²) in [5, 5.41) is 2.78. The van der Waals surface area contributed by atoms with Gasteiger partial charge in [0, 0.05) is 0 Å². The maximum absolute atomic E-state index is 10.3. The standard InChI is InChI=1S/C10H12N2O/c11-10(13)8-12-7-6-9-4-2-1-3-5-9/h1-7,12H,8H2,(H2,11,13). The number of amides is 1. The lowest BCUT2D eigenvalue weighted by Crippen LogP contribution is -2.24. The average molecular weight is 176 g/mol. The van der Waals surface area contributed by atoms with E-state index in [1.807, 2.05) is 36.4 Å². The first-order valence-corrected chi connectivity index (χ1v) is 4.02. The summed E-state index contributed by atoms with van der Waals surface area (Å²) in [6.07, 6.45) is 3.59. The molecule has 13 heavy (non-hydrogen) atoms. The number of hydrogen-bond donors (Lipinski definition) is 2. The van der Waals surface area contributed by atoms with Crippen molar-refractivity contribution >= 4 is 12.0 Å². The smallest absolute Gasteiger partial charge is 0.236 e. The zero-order chi connectivity index (χ0) is 9.52. The molecule has 0 bridgehead atoms. The number of hydrogen-bond acceptors (Lipinski definition) is 2. The van der Waals surface area contributed by atoms with E-state index in [-0.39, 0.29) is 12.5 Å². The van der Waals surface area contributed by atoms with E-state index in [0.717, 1.165) is 5.56 Å². The Labute approximate surface area is 77.3 Å². The predicted octanol–water partition coefficient (Wildman–Crippen LogP) is 0.732. The minimum absolute atomic E-state index is 0.170.